The van der Waals surface area contributed by atoms with E-state index in [1.54, 1.807) is 29.7 Å². The second-order valence-corrected chi connectivity index (χ2v) is 6.29. The third-order valence-electron chi connectivity index (χ3n) is 3.95. The summed E-state index contributed by atoms with van der Waals surface area (Å²) in [6.45, 7) is 5.15. The van der Waals surface area contributed by atoms with Gasteiger partial charge in [0.25, 0.3) is 5.91 Å². The molecule has 6 heteroatoms. The molecule has 0 saturated heterocycles. The summed E-state index contributed by atoms with van der Waals surface area (Å²) in [4.78, 5) is 23.4. The zero-order chi connectivity index (χ0) is 19.6. The van der Waals surface area contributed by atoms with Gasteiger partial charge in [-0.3, -0.25) is 14.8 Å². The van der Waals surface area contributed by atoms with Crippen molar-refractivity contribution in [1.29, 1.82) is 0 Å². The lowest BCUT2D eigenvalue weighted by Crippen LogP contribution is -2.18. The maximum Gasteiger partial charge on any atom is 0.274 e. The minimum absolute atomic E-state index is 0.0231. The zero-order valence-electron chi connectivity index (χ0n) is 15.7. The molecule has 0 aliphatic rings. The number of amides is 2. The van der Waals surface area contributed by atoms with E-state index >= 15 is 0 Å². The van der Waals surface area contributed by atoms with Crippen LogP contribution < -0.4 is 10.8 Å². The standard InChI is InChI=1S/C21H26N2O4/c1-3-5-20(24)22-19-12-15(14-27-10-4-2)11-18(13-19)16-6-8-17(9-7-16)21(25)23-26/h6-9,11-13,26H,3-5,10,14H2,1-2H3,(H,22,24)(H,23,25). The molecule has 0 aromatic heterocycles. The van der Waals surface area contributed by atoms with Crippen molar-refractivity contribution < 1.29 is 19.5 Å². The molecule has 2 aromatic rings. The minimum Gasteiger partial charge on any atom is -0.377 e. The zero-order valence-corrected chi connectivity index (χ0v) is 15.7. The molecule has 0 radical (unpaired) electrons. The molecule has 3 N–H and O–H groups in total. The number of hydrogen-bond donors (Lipinski definition) is 3. The Morgan fingerprint density at radius 2 is 1.74 bits per heavy atom. The van der Waals surface area contributed by atoms with Crippen LogP contribution in [0, 0.1) is 0 Å². The van der Waals surface area contributed by atoms with E-state index in [1.807, 2.05) is 25.1 Å². The Morgan fingerprint density at radius 3 is 2.37 bits per heavy atom. The molecule has 2 aromatic carbocycles. The number of ether oxygens (including phenoxy) is 1. The molecule has 2 amide bonds. The molecular formula is C21H26N2O4. The monoisotopic (exact) mass is 370 g/mol. The molecule has 0 aliphatic heterocycles. The van der Waals surface area contributed by atoms with Crippen molar-refractivity contribution in [3.05, 3.63) is 53.6 Å². The second kappa shape index (κ2) is 10.4. The lowest BCUT2D eigenvalue weighted by Gasteiger charge is -2.12. The molecule has 0 saturated carbocycles. The number of carbonyl (C=O) groups is 2. The van der Waals surface area contributed by atoms with Crippen LogP contribution in [0.1, 0.15) is 49.0 Å². The first-order valence-electron chi connectivity index (χ1n) is 9.13. The van der Waals surface area contributed by atoms with Crippen molar-refractivity contribution in [3.63, 3.8) is 0 Å². The Balaban J connectivity index is 2.30. The molecule has 0 fully saturated rings. The average molecular weight is 370 g/mol. The maximum absolute atomic E-state index is 12.0. The largest absolute Gasteiger partial charge is 0.377 e. The Hall–Kier alpha value is -2.70. The molecule has 144 valence electrons. The number of hydrogen-bond acceptors (Lipinski definition) is 4. The highest BCUT2D eigenvalue weighted by molar-refractivity contribution is 5.94. The molecule has 2 rings (SSSR count). The Labute approximate surface area is 159 Å². The fourth-order valence-electron chi connectivity index (χ4n) is 2.68. The van der Waals surface area contributed by atoms with E-state index in [4.69, 9.17) is 9.94 Å². The lowest BCUT2D eigenvalue weighted by molar-refractivity contribution is -0.116. The predicted molar refractivity (Wildman–Crippen MR) is 105 cm³/mol. The van der Waals surface area contributed by atoms with Gasteiger partial charge in [-0.15, -0.1) is 0 Å². The van der Waals surface area contributed by atoms with Crippen LogP contribution in [-0.4, -0.2) is 23.6 Å². The molecule has 6 nitrogen and oxygen atoms in total. The fourth-order valence-corrected chi connectivity index (χ4v) is 2.68. The quantitative estimate of drug-likeness (QED) is 0.352. The maximum atomic E-state index is 12.0. The van der Waals surface area contributed by atoms with Gasteiger partial charge in [0.1, 0.15) is 0 Å². The van der Waals surface area contributed by atoms with Gasteiger partial charge in [0.2, 0.25) is 5.91 Å². The van der Waals surface area contributed by atoms with Crippen molar-refractivity contribution in [3.8, 4) is 11.1 Å². The van der Waals surface area contributed by atoms with Gasteiger partial charge in [0.15, 0.2) is 0 Å². The summed E-state index contributed by atoms with van der Waals surface area (Å²) in [6.07, 6.45) is 2.19. The summed E-state index contributed by atoms with van der Waals surface area (Å²) in [5, 5.41) is 11.7. The topological polar surface area (TPSA) is 87.7 Å². The molecule has 0 bridgehead atoms. The molecule has 0 aliphatic carbocycles. The number of carbonyl (C=O) groups excluding carboxylic acids is 2. The highest BCUT2D eigenvalue weighted by Gasteiger charge is 2.09. The first-order chi connectivity index (χ1) is 13.1. The van der Waals surface area contributed by atoms with Crippen LogP contribution in [0.25, 0.3) is 11.1 Å². The van der Waals surface area contributed by atoms with Crippen molar-refractivity contribution >= 4 is 17.5 Å². The number of hydroxylamine groups is 1. The number of benzene rings is 2. The predicted octanol–water partition coefficient (Wildman–Crippen LogP) is 4.14. The van der Waals surface area contributed by atoms with Crippen LogP contribution in [0.4, 0.5) is 5.69 Å². The summed E-state index contributed by atoms with van der Waals surface area (Å²) in [6, 6.07) is 12.7. The van der Waals surface area contributed by atoms with Crippen LogP contribution in [0.15, 0.2) is 42.5 Å². The van der Waals surface area contributed by atoms with E-state index in [0.717, 1.165) is 35.2 Å². The minimum atomic E-state index is -0.559. The van der Waals surface area contributed by atoms with Gasteiger partial charge < -0.3 is 10.1 Å². The summed E-state index contributed by atoms with van der Waals surface area (Å²) in [7, 11) is 0. The van der Waals surface area contributed by atoms with E-state index in [1.165, 1.54) is 0 Å². The van der Waals surface area contributed by atoms with Crippen molar-refractivity contribution in [2.45, 2.75) is 39.7 Å². The SMILES string of the molecule is CCCOCc1cc(NC(=O)CCC)cc(-c2ccc(C(=O)NO)cc2)c1. The van der Waals surface area contributed by atoms with E-state index < -0.39 is 5.91 Å². The van der Waals surface area contributed by atoms with Crippen molar-refractivity contribution in [1.82, 2.24) is 5.48 Å². The van der Waals surface area contributed by atoms with Gasteiger partial charge in [0.05, 0.1) is 6.61 Å². The summed E-state index contributed by atoms with van der Waals surface area (Å²) in [5.74, 6) is -0.583. The van der Waals surface area contributed by atoms with Gasteiger partial charge in [-0.25, -0.2) is 5.48 Å². The number of anilines is 1. The van der Waals surface area contributed by atoms with Crippen molar-refractivity contribution in [2.24, 2.45) is 0 Å². The summed E-state index contributed by atoms with van der Waals surface area (Å²) in [5.41, 5.74) is 5.47. The molecular weight excluding hydrogens is 344 g/mol. The van der Waals surface area contributed by atoms with Crippen LogP contribution in [0.3, 0.4) is 0 Å². The smallest absolute Gasteiger partial charge is 0.274 e. The number of rotatable bonds is 9. The van der Waals surface area contributed by atoms with Crippen LogP contribution >= 0.6 is 0 Å². The molecule has 0 spiro atoms. The van der Waals surface area contributed by atoms with Crippen LogP contribution in [0.2, 0.25) is 0 Å². The Bertz CT molecular complexity index is 772. The first kappa shape index (κ1) is 20.6. The van der Waals surface area contributed by atoms with Gasteiger partial charge in [-0.1, -0.05) is 26.0 Å². The molecule has 0 atom stereocenters. The van der Waals surface area contributed by atoms with Gasteiger partial charge >= 0.3 is 0 Å². The normalized spacial score (nSPS) is 10.5. The Morgan fingerprint density at radius 1 is 1.00 bits per heavy atom. The third-order valence-corrected chi connectivity index (χ3v) is 3.95. The van der Waals surface area contributed by atoms with E-state index in [9.17, 15) is 9.59 Å². The summed E-state index contributed by atoms with van der Waals surface area (Å²) >= 11 is 0. The second-order valence-electron chi connectivity index (χ2n) is 6.29. The van der Waals surface area contributed by atoms with Gasteiger partial charge in [-0.05, 0) is 59.9 Å². The highest BCUT2D eigenvalue weighted by atomic mass is 16.5. The average Bonchev–Trinajstić information content (AvgIpc) is 2.67. The van der Waals surface area contributed by atoms with Crippen LogP contribution in [-0.2, 0) is 16.1 Å². The van der Waals surface area contributed by atoms with E-state index in [2.05, 4.69) is 12.2 Å². The molecule has 0 heterocycles. The lowest BCUT2D eigenvalue weighted by atomic mass is 10.0. The van der Waals surface area contributed by atoms with Crippen molar-refractivity contribution in [2.75, 3.05) is 11.9 Å². The molecule has 0 unspecified atom stereocenters. The third kappa shape index (κ3) is 6.20. The van der Waals surface area contributed by atoms with E-state index in [0.29, 0.717) is 25.2 Å². The van der Waals surface area contributed by atoms with E-state index in [-0.39, 0.29) is 5.91 Å². The number of nitrogens with one attached hydrogen (secondary N) is 2. The molecule has 27 heavy (non-hydrogen) atoms. The van der Waals surface area contributed by atoms with Gasteiger partial charge in [-0.2, -0.15) is 0 Å². The Kier molecular flexibility index (Phi) is 7.98. The van der Waals surface area contributed by atoms with Crippen LogP contribution in [0.5, 0.6) is 0 Å². The van der Waals surface area contributed by atoms with Gasteiger partial charge in [0, 0.05) is 24.3 Å². The highest BCUT2D eigenvalue weighted by Crippen LogP contribution is 2.26. The first-order valence-corrected chi connectivity index (χ1v) is 9.13. The summed E-state index contributed by atoms with van der Waals surface area (Å²) < 4.78 is 5.64. The fraction of sp³-hybridized carbons (Fsp3) is 0.333.